The highest BCUT2D eigenvalue weighted by atomic mass is 32.2. The van der Waals surface area contributed by atoms with Gasteiger partial charge in [-0.05, 0) is 48.9 Å². The van der Waals surface area contributed by atoms with Crippen molar-refractivity contribution in [1.82, 2.24) is 4.90 Å². The summed E-state index contributed by atoms with van der Waals surface area (Å²) in [6.45, 7) is 1.59. The Morgan fingerprint density at radius 1 is 1.12 bits per heavy atom. The number of nitrogens with one attached hydrogen (secondary N) is 2. The fraction of sp³-hybridized carbons (Fsp3) is 0.333. The maximum Gasteiger partial charge on any atom is 0.416 e. The monoisotopic (exact) mass is 469 g/mol. The zero-order valence-corrected chi connectivity index (χ0v) is 18.0. The summed E-state index contributed by atoms with van der Waals surface area (Å²) >= 11 is 0. The molecule has 1 saturated heterocycles. The second kappa shape index (κ2) is 9.19. The first-order valence-electron chi connectivity index (χ1n) is 9.82. The van der Waals surface area contributed by atoms with Crippen LogP contribution in [0.5, 0.6) is 0 Å². The lowest BCUT2D eigenvalue weighted by Gasteiger charge is -2.18. The van der Waals surface area contributed by atoms with E-state index in [1.54, 1.807) is 0 Å². The highest BCUT2D eigenvalue weighted by Gasteiger charge is 2.35. The van der Waals surface area contributed by atoms with Gasteiger partial charge in [0.05, 0.1) is 17.2 Å². The van der Waals surface area contributed by atoms with Gasteiger partial charge in [0, 0.05) is 30.9 Å². The van der Waals surface area contributed by atoms with E-state index in [9.17, 15) is 31.2 Å². The maximum atomic E-state index is 12.9. The van der Waals surface area contributed by atoms with Crippen LogP contribution in [0.15, 0.2) is 48.5 Å². The topological polar surface area (TPSA) is 95.6 Å². The van der Waals surface area contributed by atoms with Gasteiger partial charge >= 0.3 is 6.18 Å². The molecule has 11 heteroatoms. The number of benzene rings is 2. The Labute approximate surface area is 183 Å². The largest absolute Gasteiger partial charge is 0.416 e. The molecule has 1 unspecified atom stereocenters. The van der Waals surface area contributed by atoms with E-state index in [2.05, 4.69) is 10.0 Å². The summed E-state index contributed by atoms with van der Waals surface area (Å²) in [6.07, 6.45) is -4.52. The summed E-state index contributed by atoms with van der Waals surface area (Å²) in [5.41, 5.74) is 0.325. The number of amides is 2. The van der Waals surface area contributed by atoms with E-state index >= 15 is 0 Å². The smallest absolute Gasteiger partial charge is 0.338 e. The van der Waals surface area contributed by atoms with E-state index < -0.39 is 33.6 Å². The number of anilines is 2. The highest BCUT2D eigenvalue weighted by molar-refractivity contribution is 7.92. The van der Waals surface area contributed by atoms with Crippen LogP contribution in [0.25, 0.3) is 0 Å². The Bertz CT molecular complexity index is 1100. The van der Waals surface area contributed by atoms with Crippen LogP contribution >= 0.6 is 0 Å². The van der Waals surface area contributed by atoms with E-state index in [0.29, 0.717) is 16.9 Å². The van der Waals surface area contributed by atoms with Gasteiger partial charge in [-0.15, -0.1) is 0 Å². The van der Waals surface area contributed by atoms with E-state index in [4.69, 9.17) is 0 Å². The van der Waals surface area contributed by atoms with Crippen molar-refractivity contribution >= 4 is 33.2 Å². The van der Waals surface area contributed by atoms with Crippen LogP contribution in [-0.4, -0.2) is 37.4 Å². The van der Waals surface area contributed by atoms with Crippen LogP contribution < -0.4 is 10.0 Å². The number of carbonyl (C=O) groups excluding carboxylic acids is 2. The molecule has 0 saturated carbocycles. The number of halogens is 3. The van der Waals surface area contributed by atoms with Crippen molar-refractivity contribution in [2.24, 2.45) is 5.92 Å². The van der Waals surface area contributed by atoms with E-state index in [1.165, 1.54) is 48.2 Å². The molecule has 0 aromatic heterocycles. The van der Waals surface area contributed by atoms with Crippen LogP contribution in [0, 0.1) is 5.92 Å². The molecule has 1 atom stereocenters. The number of alkyl halides is 3. The zero-order valence-electron chi connectivity index (χ0n) is 17.1. The number of hydrogen-bond donors (Lipinski definition) is 2. The maximum absolute atomic E-state index is 12.9. The van der Waals surface area contributed by atoms with Gasteiger partial charge in [0.25, 0.3) is 0 Å². The first-order chi connectivity index (χ1) is 15.0. The van der Waals surface area contributed by atoms with Crippen LogP contribution in [0.4, 0.5) is 24.5 Å². The second-order valence-electron chi connectivity index (χ2n) is 7.45. The van der Waals surface area contributed by atoms with E-state index in [0.717, 1.165) is 12.1 Å². The minimum atomic E-state index is -4.47. The number of sulfonamides is 1. The third-order valence-corrected chi connectivity index (χ3v) is 6.33. The molecule has 2 N–H and O–H groups in total. The predicted octanol–water partition coefficient (Wildman–Crippen LogP) is 3.45. The van der Waals surface area contributed by atoms with Crippen molar-refractivity contribution in [3.05, 3.63) is 59.7 Å². The Hall–Kier alpha value is -3.08. The van der Waals surface area contributed by atoms with Gasteiger partial charge in [0.2, 0.25) is 21.8 Å². The molecule has 2 aromatic carbocycles. The Balaban J connectivity index is 1.59. The van der Waals surface area contributed by atoms with Gasteiger partial charge in [0.15, 0.2) is 0 Å². The molecule has 2 aromatic rings. The van der Waals surface area contributed by atoms with Gasteiger partial charge in [0.1, 0.15) is 0 Å². The molecular formula is C21H22F3N3O4S. The number of carbonyl (C=O) groups is 2. The molecule has 0 spiro atoms. The number of nitrogens with zero attached hydrogens (tertiary/aromatic N) is 1. The molecule has 7 nitrogen and oxygen atoms in total. The molecule has 1 fully saturated rings. The summed E-state index contributed by atoms with van der Waals surface area (Å²) in [5, 5.41) is 2.68. The lowest BCUT2D eigenvalue weighted by atomic mass is 10.1. The summed E-state index contributed by atoms with van der Waals surface area (Å²) in [4.78, 5) is 26.2. The average molecular weight is 469 g/mol. The fourth-order valence-corrected chi connectivity index (χ4v) is 3.92. The van der Waals surface area contributed by atoms with E-state index in [-0.39, 0.29) is 31.2 Å². The van der Waals surface area contributed by atoms with Crippen molar-refractivity contribution in [2.75, 3.05) is 22.3 Å². The normalized spacial score (nSPS) is 16.8. The Morgan fingerprint density at radius 3 is 2.41 bits per heavy atom. The van der Waals surface area contributed by atoms with Crippen molar-refractivity contribution in [3.8, 4) is 0 Å². The van der Waals surface area contributed by atoms with Crippen molar-refractivity contribution in [1.29, 1.82) is 0 Å². The summed E-state index contributed by atoms with van der Waals surface area (Å²) < 4.78 is 64.2. The number of hydrogen-bond acceptors (Lipinski definition) is 4. The van der Waals surface area contributed by atoms with Crippen molar-refractivity contribution in [2.45, 2.75) is 26.1 Å². The standard InChI is InChI=1S/C21H22F3N3O4S/c1-2-32(30,31)26-18-8-6-17(7-9-18)25-20(29)15-11-19(28)27(13-15)12-14-4-3-5-16(10-14)21(22,23)24/h3-10,15,26H,2,11-13H2,1H3,(H,25,29). The van der Waals surface area contributed by atoms with Crippen molar-refractivity contribution < 1.29 is 31.2 Å². The Morgan fingerprint density at radius 2 is 1.78 bits per heavy atom. The van der Waals surface area contributed by atoms with Gasteiger partial charge in [-0.25, -0.2) is 8.42 Å². The zero-order chi connectivity index (χ0) is 23.5. The van der Waals surface area contributed by atoms with E-state index in [1.807, 2.05) is 0 Å². The third-order valence-electron chi connectivity index (χ3n) is 5.02. The first-order valence-corrected chi connectivity index (χ1v) is 11.5. The molecule has 2 amide bonds. The summed E-state index contributed by atoms with van der Waals surface area (Å²) in [7, 11) is -3.41. The molecular weight excluding hydrogens is 447 g/mol. The molecule has 0 aliphatic carbocycles. The number of likely N-dealkylation sites (tertiary alicyclic amines) is 1. The lowest BCUT2D eigenvalue weighted by molar-refractivity contribution is -0.137. The lowest BCUT2D eigenvalue weighted by Crippen LogP contribution is -2.28. The minimum absolute atomic E-state index is 0.0151. The third kappa shape index (κ3) is 6.00. The highest BCUT2D eigenvalue weighted by Crippen LogP contribution is 2.30. The van der Waals surface area contributed by atoms with Gasteiger partial charge in [-0.1, -0.05) is 12.1 Å². The predicted molar refractivity (Wildman–Crippen MR) is 113 cm³/mol. The van der Waals surface area contributed by atoms with Crippen LogP contribution in [0.2, 0.25) is 0 Å². The Kier molecular flexibility index (Phi) is 6.77. The fourth-order valence-electron chi connectivity index (χ4n) is 3.28. The second-order valence-corrected chi connectivity index (χ2v) is 9.46. The van der Waals surface area contributed by atoms with Gasteiger partial charge < -0.3 is 10.2 Å². The minimum Gasteiger partial charge on any atom is -0.338 e. The molecule has 32 heavy (non-hydrogen) atoms. The first kappa shape index (κ1) is 23.6. The summed E-state index contributed by atoms with van der Waals surface area (Å²) in [5.74, 6) is -1.43. The molecule has 3 rings (SSSR count). The van der Waals surface area contributed by atoms with Crippen LogP contribution in [0.3, 0.4) is 0 Å². The molecule has 1 heterocycles. The summed E-state index contributed by atoms with van der Waals surface area (Å²) in [6, 6.07) is 10.8. The molecule has 0 bridgehead atoms. The molecule has 172 valence electrons. The van der Waals surface area contributed by atoms with Crippen LogP contribution in [0.1, 0.15) is 24.5 Å². The SMILES string of the molecule is CCS(=O)(=O)Nc1ccc(NC(=O)C2CC(=O)N(Cc3cccc(C(F)(F)F)c3)C2)cc1. The molecule has 1 aliphatic rings. The quantitative estimate of drug-likeness (QED) is 0.649. The van der Waals surface area contributed by atoms with Crippen molar-refractivity contribution in [3.63, 3.8) is 0 Å². The van der Waals surface area contributed by atoms with Gasteiger partial charge in [-0.2, -0.15) is 13.2 Å². The molecule has 0 radical (unpaired) electrons. The molecule has 1 aliphatic heterocycles. The average Bonchev–Trinajstić information content (AvgIpc) is 3.09. The van der Waals surface area contributed by atoms with Crippen LogP contribution in [-0.2, 0) is 32.3 Å². The number of rotatable bonds is 7. The van der Waals surface area contributed by atoms with Gasteiger partial charge in [-0.3, -0.25) is 14.3 Å².